The van der Waals surface area contributed by atoms with Crippen molar-refractivity contribution in [1.82, 2.24) is 14.5 Å². The Balaban J connectivity index is 1.62. The average Bonchev–Trinajstić information content (AvgIpc) is 3.15. The maximum absolute atomic E-state index is 13.3. The molecule has 0 spiro atoms. The molecule has 160 valence electrons. The van der Waals surface area contributed by atoms with Crippen LogP contribution in [0.4, 0.5) is 0 Å². The Hall–Kier alpha value is -3.45. The Bertz CT molecular complexity index is 1140. The van der Waals surface area contributed by atoms with Crippen molar-refractivity contribution >= 4 is 5.91 Å². The summed E-state index contributed by atoms with van der Waals surface area (Å²) >= 11 is 0. The Labute approximate surface area is 180 Å². The van der Waals surface area contributed by atoms with Gasteiger partial charge in [0.2, 0.25) is 0 Å². The van der Waals surface area contributed by atoms with Crippen molar-refractivity contribution in [1.29, 1.82) is 0 Å². The van der Waals surface area contributed by atoms with Crippen LogP contribution in [0.3, 0.4) is 0 Å². The lowest BCUT2D eigenvalue weighted by Gasteiger charge is -2.18. The number of carbonyl (C=O) groups excluding carboxylic acids is 1. The fourth-order valence-electron chi connectivity index (χ4n) is 4.07. The zero-order valence-electron chi connectivity index (χ0n) is 17.6. The Morgan fingerprint density at radius 1 is 1.16 bits per heavy atom. The van der Waals surface area contributed by atoms with E-state index in [2.05, 4.69) is 4.98 Å². The highest BCUT2D eigenvalue weighted by molar-refractivity contribution is 5.95. The third-order valence-electron chi connectivity index (χ3n) is 5.75. The van der Waals surface area contributed by atoms with Crippen molar-refractivity contribution in [2.24, 2.45) is 5.92 Å². The number of hydrogen-bond acceptors (Lipinski definition) is 5. The van der Waals surface area contributed by atoms with Gasteiger partial charge in [0, 0.05) is 37.1 Å². The fourth-order valence-corrected chi connectivity index (χ4v) is 4.07. The van der Waals surface area contributed by atoms with Crippen LogP contribution in [0.25, 0.3) is 5.69 Å². The van der Waals surface area contributed by atoms with Crippen LogP contribution in [-0.4, -0.2) is 51.8 Å². The molecule has 0 bridgehead atoms. The zero-order chi connectivity index (χ0) is 22.0. The van der Waals surface area contributed by atoms with Crippen molar-refractivity contribution in [2.75, 3.05) is 20.2 Å². The summed E-state index contributed by atoms with van der Waals surface area (Å²) in [4.78, 5) is 32.5. The number of aliphatic hydroxyl groups excluding tert-OH is 1. The summed E-state index contributed by atoms with van der Waals surface area (Å²) in [5.41, 5.74) is 1.74. The van der Waals surface area contributed by atoms with Crippen LogP contribution in [0.5, 0.6) is 5.75 Å². The Kier molecular flexibility index (Phi) is 5.86. The van der Waals surface area contributed by atoms with Gasteiger partial charge in [-0.1, -0.05) is 18.2 Å². The van der Waals surface area contributed by atoms with Crippen molar-refractivity contribution in [3.63, 3.8) is 0 Å². The number of methoxy groups -OCH3 is 1. The van der Waals surface area contributed by atoms with Gasteiger partial charge in [0.15, 0.2) is 0 Å². The normalized spacial score (nSPS) is 18.2. The first-order valence-corrected chi connectivity index (χ1v) is 10.2. The van der Waals surface area contributed by atoms with Gasteiger partial charge in [0.25, 0.3) is 11.5 Å². The number of pyridine rings is 2. The summed E-state index contributed by atoms with van der Waals surface area (Å²) in [6.45, 7) is 2.32. The predicted molar refractivity (Wildman–Crippen MR) is 117 cm³/mol. The highest BCUT2D eigenvalue weighted by Crippen LogP contribution is 2.24. The van der Waals surface area contributed by atoms with E-state index in [1.807, 2.05) is 30.3 Å². The first-order chi connectivity index (χ1) is 15.0. The largest absolute Gasteiger partial charge is 0.495 e. The number of likely N-dealkylation sites (tertiary alicyclic amines) is 1. The predicted octanol–water partition coefficient (Wildman–Crippen LogP) is 2.23. The van der Waals surface area contributed by atoms with E-state index in [1.165, 1.54) is 11.7 Å². The number of aliphatic hydroxyl groups is 1. The number of benzene rings is 1. The molecule has 4 rings (SSSR count). The minimum atomic E-state index is -0.661. The van der Waals surface area contributed by atoms with Crippen molar-refractivity contribution in [2.45, 2.75) is 19.4 Å². The first kappa shape index (κ1) is 20.8. The molecular weight excluding hydrogens is 394 g/mol. The molecule has 1 saturated heterocycles. The molecule has 1 aliphatic heterocycles. The van der Waals surface area contributed by atoms with Gasteiger partial charge in [-0.2, -0.15) is 0 Å². The topological polar surface area (TPSA) is 84.7 Å². The Morgan fingerprint density at radius 2 is 1.94 bits per heavy atom. The SMILES string of the molecule is COc1ccccc1-n1ccc(C)c(C(=O)N2C[C@@H](Cc3ccccn3)[C@H](O)C2)c1=O. The van der Waals surface area contributed by atoms with E-state index >= 15 is 0 Å². The molecule has 7 heteroatoms. The second kappa shape index (κ2) is 8.73. The van der Waals surface area contributed by atoms with Crippen LogP contribution in [0.2, 0.25) is 0 Å². The van der Waals surface area contributed by atoms with E-state index in [1.54, 1.807) is 42.4 Å². The lowest BCUT2D eigenvalue weighted by molar-refractivity contribution is 0.0761. The van der Waals surface area contributed by atoms with E-state index in [0.29, 0.717) is 30.0 Å². The molecule has 0 unspecified atom stereocenters. The van der Waals surface area contributed by atoms with Crippen molar-refractivity contribution < 1.29 is 14.6 Å². The number of para-hydroxylation sites is 2. The van der Waals surface area contributed by atoms with Crippen LogP contribution >= 0.6 is 0 Å². The van der Waals surface area contributed by atoms with E-state index in [9.17, 15) is 14.7 Å². The van der Waals surface area contributed by atoms with Crippen LogP contribution in [0.15, 0.2) is 65.7 Å². The van der Waals surface area contributed by atoms with Crippen LogP contribution in [0, 0.1) is 12.8 Å². The molecule has 1 N–H and O–H groups in total. The molecule has 31 heavy (non-hydrogen) atoms. The number of β-amino-alcohol motifs (C(OH)–C–C–N with tert-alkyl or cyclic N) is 1. The number of carbonyl (C=O) groups is 1. The number of nitrogens with zero attached hydrogens (tertiary/aromatic N) is 3. The smallest absolute Gasteiger partial charge is 0.268 e. The lowest BCUT2D eigenvalue weighted by atomic mass is 10.00. The summed E-state index contributed by atoms with van der Waals surface area (Å²) in [5, 5.41) is 10.5. The van der Waals surface area contributed by atoms with E-state index in [-0.39, 0.29) is 23.9 Å². The summed E-state index contributed by atoms with van der Waals surface area (Å²) in [7, 11) is 1.54. The molecule has 0 aliphatic carbocycles. The van der Waals surface area contributed by atoms with Gasteiger partial charge in [-0.25, -0.2) is 0 Å². The second-order valence-corrected chi connectivity index (χ2v) is 7.78. The first-order valence-electron chi connectivity index (χ1n) is 10.2. The van der Waals surface area contributed by atoms with Gasteiger partial charge in [-0.05, 0) is 49.2 Å². The van der Waals surface area contributed by atoms with E-state index < -0.39 is 11.7 Å². The van der Waals surface area contributed by atoms with Crippen LogP contribution < -0.4 is 10.3 Å². The minimum absolute atomic E-state index is 0.110. The summed E-state index contributed by atoms with van der Waals surface area (Å²) in [6.07, 6.45) is 3.28. The van der Waals surface area contributed by atoms with Gasteiger partial charge >= 0.3 is 0 Å². The van der Waals surface area contributed by atoms with Gasteiger partial charge in [-0.15, -0.1) is 0 Å². The minimum Gasteiger partial charge on any atom is -0.495 e. The molecule has 2 atom stereocenters. The van der Waals surface area contributed by atoms with Gasteiger partial charge < -0.3 is 14.7 Å². The highest BCUT2D eigenvalue weighted by Gasteiger charge is 2.36. The van der Waals surface area contributed by atoms with Crippen LogP contribution in [-0.2, 0) is 6.42 Å². The lowest BCUT2D eigenvalue weighted by Crippen LogP contribution is -2.36. The molecule has 7 nitrogen and oxygen atoms in total. The molecule has 1 amide bonds. The zero-order valence-corrected chi connectivity index (χ0v) is 17.6. The van der Waals surface area contributed by atoms with Crippen LogP contribution in [0.1, 0.15) is 21.6 Å². The Morgan fingerprint density at radius 3 is 2.68 bits per heavy atom. The number of ether oxygens (including phenoxy) is 1. The van der Waals surface area contributed by atoms with Gasteiger partial charge in [0.05, 0.1) is 18.9 Å². The molecule has 0 radical (unpaired) electrons. The van der Waals surface area contributed by atoms with Gasteiger partial charge in [-0.3, -0.25) is 19.1 Å². The monoisotopic (exact) mass is 419 g/mol. The molecule has 0 saturated carbocycles. The molecule has 3 heterocycles. The third kappa shape index (κ3) is 4.09. The average molecular weight is 419 g/mol. The number of hydrogen-bond donors (Lipinski definition) is 1. The molecule has 3 aromatic rings. The number of amides is 1. The van der Waals surface area contributed by atoms with Crippen molar-refractivity contribution in [3.05, 3.63) is 88.1 Å². The van der Waals surface area contributed by atoms with Crippen molar-refractivity contribution in [3.8, 4) is 11.4 Å². The maximum atomic E-state index is 13.3. The quantitative estimate of drug-likeness (QED) is 0.686. The number of aryl methyl sites for hydroxylation is 1. The summed E-state index contributed by atoms with van der Waals surface area (Å²) < 4.78 is 6.80. The maximum Gasteiger partial charge on any atom is 0.268 e. The molecule has 1 aliphatic rings. The van der Waals surface area contributed by atoms with Gasteiger partial charge in [0.1, 0.15) is 11.3 Å². The molecule has 1 aromatic carbocycles. The number of aromatic nitrogens is 2. The summed E-state index contributed by atoms with van der Waals surface area (Å²) in [5.74, 6) is 0.0486. The summed E-state index contributed by atoms with van der Waals surface area (Å²) in [6, 6.07) is 14.6. The second-order valence-electron chi connectivity index (χ2n) is 7.78. The highest BCUT2D eigenvalue weighted by atomic mass is 16.5. The third-order valence-corrected chi connectivity index (χ3v) is 5.75. The van der Waals surface area contributed by atoms with E-state index in [4.69, 9.17) is 4.74 Å². The van der Waals surface area contributed by atoms with E-state index in [0.717, 1.165) is 5.69 Å². The molecular formula is C24H25N3O4. The molecule has 2 aromatic heterocycles. The fraction of sp³-hybridized carbons (Fsp3) is 0.292. The standard InChI is InChI=1S/C24H25N3O4/c1-16-10-12-27(19-8-3-4-9-21(19)31-2)24(30)22(16)23(29)26-14-17(20(28)15-26)13-18-7-5-6-11-25-18/h3-12,17,20,28H,13-15H2,1-2H3/t17-,20-/m1/s1. The number of rotatable bonds is 5. The molecule has 1 fully saturated rings.